The highest BCUT2D eigenvalue weighted by atomic mass is 19.3. The zero-order valence-electron chi connectivity index (χ0n) is 12.8. The van der Waals surface area contributed by atoms with E-state index in [2.05, 4.69) is 10.1 Å². The van der Waals surface area contributed by atoms with Crippen molar-refractivity contribution in [3.05, 3.63) is 59.2 Å². The van der Waals surface area contributed by atoms with Crippen LogP contribution in [0.3, 0.4) is 0 Å². The fourth-order valence-corrected chi connectivity index (χ4v) is 2.00. The van der Waals surface area contributed by atoms with E-state index in [-0.39, 0.29) is 24.0 Å². The number of alkyl halides is 2. The highest BCUT2D eigenvalue weighted by Crippen LogP contribution is 2.29. The Kier molecular flexibility index (Phi) is 5.68. The van der Waals surface area contributed by atoms with Crippen molar-refractivity contribution in [1.82, 2.24) is 5.32 Å². The van der Waals surface area contributed by atoms with Gasteiger partial charge in [-0.05, 0) is 42.0 Å². The first-order chi connectivity index (χ1) is 11.5. The minimum absolute atomic E-state index is 0.0744. The van der Waals surface area contributed by atoms with Gasteiger partial charge in [0.25, 0.3) is 5.91 Å². The van der Waals surface area contributed by atoms with Gasteiger partial charge in [-0.15, -0.1) is 0 Å². The number of carbonyl (C=O) groups excluding carboxylic acids is 1. The molecular weight excluding hydrogens is 318 g/mol. The number of nitriles is 1. The standard InChI is InChI=1S/C17H14F2N2O3/c1-23-15-8-12(4-7-14(15)24-17(18)19)10-21-16(22)13-5-2-11(9-20)3-6-13/h2-8,17H,10H2,1H3,(H,21,22). The molecule has 0 saturated carbocycles. The summed E-state index contributed by atoms with van der Waals surface area (Å²) in [6.45, 7) is -2.76. The van der Waals surface area contributed by atoms with Crippen molar-refractivity contribution in [2.75, 3.05) is 7.11 Å². The molecule has 24 heavy (non-hydrogen) atoms. The number of nitrogens with one attached hydrogen (secondary N) is 1. The van der Waals surface area contributed by atoms with E-state index in [0.29, 0.717) is 16.7 Å². The third-order valence-corrected chi connectivity index (χ3v) is 3.17. The molecule has 0 aliphatic carbocycles. The van der Waals surface area contributed by atoms with Crippen molar-refractivity contribution in [2.24, 2.45) is 0 Å². The monoisotopic (exact) mass is 332 g/mol. The highest BCUT2D eigenvalue weighted by Gasteiger charge is 2.12. The normalized spacial score (nSPS) is 10.1. The van der Waals surface area contributed by atoms with Crippen LogP contribution in [0.4, 0.5) is 8.78 Å². The lowest BCUT2D eigenvalue weighted by Crippen LogP contribution is -2.22. The van der Waals surface area contributed by atoms with Crippen LogP contribution in [0, 0.1) is 11.3 Å². The summed E-state index contributed by atoms with van der Waals surface area (Å²) in [5.74, 6) is -0.235. The molecule has 0 aliphatic rings. The van der Waals surface area contributed by atoms with Gasteiger partial charge in [-0.3, -0.25) is 4.79 Å². The number of nitrogens with zero attached hydrogens (tertiary/aromatic N) is 1. The van der Waals surface area contributed by atoms with Gasteiger partial charge < -0.3 is 14.8 Å². The van der Waals surface area contributed by atoms with Crippen LogP contribution in [-0.2, 0) is 6.54 Å². The Morgan fingerprint density at radius 3 is 2.50 bits per heavy atom. The van der Waals surface area contributed by atoms with E-state index in [4.69, 9.17) is 10.00 Å². The Bertz CT molecular complexity index is 755. The molecule has 0 saturated heterocycles. The molecule has 7 heteroatoms. The lowest BCUT2D eigenvalue weighted by atomic mass is 10.1. The maximum absolute atomic E-state index is 12.3. The molecule has 2 aromatic carbocycles. The number of methoxy groups -OCH3 is 1. The molecule has 0 bridgehead atoms. The Morgan fingerprint density at radius 1 is 1.21 bits per heavy atom. The second-order valence-corrected chi connectivity index (χ2v) is 4.74. The maximum atomic E-state index is 12.3. The zero-order chi connectivity index (χ0) is 17.5. The summed E-state index contributed by atoms with van der Waals surface area (Å²) in [4.78, 5) is 12.0. The van der Waals surface area contributed by atoms with E-state index in [1.54, 1.807) is 30.3 Å². The molecular formula is C17H14F2N2O3. The molecule has 0 fully saturated rings. The number of hydrogen-bond acceptors (Lipinski definition) is 4. The minimum Gasteiger partial charge on any atom is -0.493 e. The van der Waals surface area contributed by atoms with Crippen LogP contribution < -0.4 is 14.8 Å². The van der Waals surface area contributed by atoms with Crippen molar-refractivity contribution < 1.29 is 23.0 Å². The summed E-state index contributed by atoms with van der Waals surface area (Å²) in [5, 5.41) is 11.4. The van der Waals surface area contributed by atoms with Gasteiger partial charge in [-0.1, -0.05) is 6.07 Å². The number of halogens is 2. The van der Waals surface area contributed by atoms with Crippen LogP contribution in [0.15, 0.2) is 42.5 Å². The summed E-state index contributed by atoms with van der Waals surface area (Å²) in [6, 6.07) is 12.6. The van der Waals surface area contributed by atoms with E-state index in [1.165, 1.54) is 19.2 Å². The minimum atomic E-state index is -2.94. The summed E-state index contributed by atoms with van der Waals surface area (Å²) in [7, 11) is 1.34. The van der Waals surface area contributed by atoms with Crippen LogP contribution in [0.2, 0.25) is 0 Å². The van der Waals surface area contributed by atoms with Gasteiger partial charge in [0.15, 0.2) is 11.5 Å². The topological polar surface area (TPSA) is 71.3 Å². The SMILES string of the molecule is COc1cc(CNC(=O)c2ccc(C#N)cc2)ccc1OC(F)F. The van der Waals surface area contributed by atoms with E-state index in [1.807, 2.05) is 6.07 Å². The quantitative estimate of drug-likeness (QED) is 0.882. The molecule has 2 aromatic rings. The molecule has 0 heterocycles. The van der Waals surface area contributed by atoms with Crippen LogP contribution in [-0.4, -0.2) is 19.6 Å². The molecule has 2 rings (SSSR count). The Morgan fingerprint density at radius 2 is 1.92 bits per heavy atom. The van der Waals surface area contributed by atoms with Gasteiger partial charge >= 0.3 is 6.61 Å². The average molecular weight is 332 g/mol. The summed E-state index contributed by atoms with van der Waals surface area (Å²) < 4.78 is 33.9. The average Bonchev–Trinajstić information content (AvgIpc) is 2.60. The molecule has 1 amide bonds. The van der Waals surface area contributed by atoms with Crippen molar-refractivity contribution in [1.29, 1.82) is 5.26 Å². The van der Waals surface area contributed by atoms with Crippen molar-refractivity contribution in [3.63, 3.8) is 0 Å². The van der Waals surface area contributed by atoms with Crippen molar-refractivity contribution in [3.8, 4) is 17.6 Å². The molecule has 0 aromatic heterocycles. The van der Waals surface area contributed by atoms with Crippen LogP contribution >= 0.6 is 0 Å². The van der Waals surface area contributed by atoms with Gasteiger partial charge in [0.1, 0.15) is 0 Å². The van der Waals surface area contributed by atoms with Gasteiger partial charge in [0, 0.05) is 12.1 Å². The van der Waals surface area contributed by atoms with Gasteiger partial charge in [0.05, 0.1) is 18.7 Å². The number of amides is 1. The Labute approximate surface area is 137 Å². The molecule has 0 unspecified atom stereocenters. The predicted octanol–water partition coefficient (Wildman–Crippen LogP) is 3.10. The van der Waals surface area contributed by atoms with Crippen molar-refractivity contribution >= 4 is 5.91 Å². The second-order valence-electron chi connectivity index (χ2n) is 4.74. The summed E-state index contributed by atoms with van der Waals surface area (Å²) in [5.41, 5.74) is 1.54. The summed E-state index contributed by atoms with van der Waals surface area (Å²) in [6.07, 6.45) is 0. The Hall–Kier alpha value is -3.14. The largest absolute Gasteiger partial charge is 0.493 e. The molecule has 5 nitrogen and oxygen atoms in total. The van der Waals surface area contributed by atoms with E-state index in [9.17, 15) is 13.6 Å². The second kappa shape index (κ2) is 7.92. The smallest absolute Gasteiger partial charge is 0.387 e. The molecule has 0 atom stereocenters. The van der Waals surface area contributed by atoms with Gasteiger partial charge in [-0.2, -0.15) is 14.0 Å². The van der Waals surface area contributed by atoms with E-state index < -0.39 is 6.61 Å². The first-order valence-corrected chi connectivity index (χ1v) is 6.93. The van der Waals surface area contributed by atoms with Gasteiger partial charge in [-0.25, -0.2) is 0 Å². The summed E-state index contributed by atoms with van der Waals surface area (Å²) >= 11 is 0. The molecule has 0 radical (unpaired) electrons. The Balaban J connectivity index is 2.03. The van der Waals surface area contributed by atoms with E-state index in [0.717, 1.165) is 0 Å². The van der Waals surface area contributed by atoms with Crippen LogP contribution in [0.5, 0.6) is 11.5 Å². The zero-order valence-corrected chi connectivity index (χ0v) is 12.8. The highest BCUT2D eigenvalue weighted by molar-refractivity contribution is 5.94. The van der Waals surface area contributed by atoms with E-state index >= 15 is 0 Å². The fourth-order valence-electron chi connectivity index (χ4n) is 2.00. The molecule has 0 aliphatic heterocycles. The van der Waals surface area contributed by atoms with Crippen LogP contribution in [0.25, 0.3) is 0 Å². The lowest BCUT2D eigenvalue weighted by Gasteiger charge is -2.12. The lowest BCUT2D eigenvalue weighted by molar-refractivity contribution is -0.0512. The number of rotatable bonds is 6. The third-order valence-electron chi connectivity index (χ3n) is 3.17. The van der Waals surface area contributed by atoms with Crippen LogP contribution in [0.1, 0.15) is 21.5 Å². The molecule has 0 spiro atoms. The fraction of sp³-hybridized carbons (Fsp3) is 0.176. The van der Waals surface area contributed by atoms with Gasteiger partial charge in [0.2, 0.25) is 0 Å². The number of carbonyl (C=O) groups is 1. The molecule has 1 N–H and O–H groups in total. The first-order valence-electron chi connectivity index (χ1n) is 6.93. The number of benzene rings is 2. The van der Waals surface area contributed by atoms with Crippen molar-refractivity contribution in [2.45, 2.75) is 13.2 Å². The number of ether oxygens (including phenoxy) is 2. The number of hydrogen-bond donors (Lipinski definition) is 1. The molecule has 124 valence electrons. The predicted molar refractivity (Wildman–Crippen MR) is 82.0 cm³/mol. The first kappa shape index (κ1) is 17.2. The maximum Gasteiger partial charge on any atom is 0.387 e. The third kappa shape index (κ3) is 4.43.